The minimum atomic E-state index is -0.511. The van der Waals surface area contributed by atoms with Gasteiger partial charge in [-0.25, -0.2) is 4.79 Å². The van der Waals surface area contributed by atoms with Gasteiger partial charge >= 0.3 is 6.09 Å². The second kappa shape index (κ2) is 4.30. The first-order chi connectivity index (χ1) is 9.42. The molecule has 0 spiro atoms. The second-order valence-electron chi connectivity index (χ2n) is 5.72. The van der Waals surface area contributed by atoms with Gasteiger partial charge in [0.05, 0.1) is 11.7 Å². The van der Waals surface area contributed by atoms with Gasteiger partial charge < -0.3 is 4.74 Å². The van der Waals surface area contributed by atoms with Crippen LogP contribution in [0.4, 0.5) is 4.79 Å². The van der Waals surface area contributed by atoms with Crippen LogP contribution in [-0.4, -0.2) is 26.5 Å². The van der Waals surface area contributed by atoms with Crippen molar-refractivity contribution in [2.45, 2.75) is 26.4 Å². The summed E-state index contributed by atoms with van der Waals surface area (Å²) in [5, 5.41) is 10.8. The van der Waals surface area contributed by atoms with E-state index in [0.717, 1.165) is 21.7 Å². The molecular formula is C15H15N3O2. The fourth-order valence-electron chi connectivity index (χ4n) is 2.02. The Morgan fingerprint density at radius 3 is 2.75 bits per heavy atom. The van der Waals surface area contributed by atoms with Gasteiger partial charge in [-0.15, -0.1) is 0 Å². The minimum Gasteiger partial charge on any atom is -0.443 e. The molecule has 0 amide bonds. The van der Waals surface area contributed by atoms with Crippen molar-refractivity contribution < 1.29 is 9.53 Å². The molecule has 102 valence electrons. The largest absolute Gasteiger partial charge is 0.443 e. The molecule has 0 aliphatic carbocycles. The number of benzene rings is 1. The molecule has 0 fully saturated rings. The number of aromatic nitrogens is 3. The van der Waals surface area contributed by atoms with Crippen LogP contribution in [0.15, 0.2) is 36.8 Å². The quantitative estimate of drug-likeness (QED) is 0.628. The predicted octanol–water partition coefficient (Wildman–Crippen LogP) is 3.37. The average Bonchev–Trinajstić information content (AvgIpc) is 2.80. The summed E-state index contributed by atoms with van der Waals surface area (Å²) in [6.45, 7) is 5.53. The molecule has 5 heteroatoms. The molecule has 2 heterocycles. The molecule has 0 radical (unpaired) electrons. The van der Waals surface area contributed by atoms with E-state index in [1.807, 2.05) is 39.0 Å². The lowest BCUT2D eigenvalue weighted by Crippen LogP contribution is -2.26. The lowest BCUT2D eigenvalue weighted by atomic mass is 10.1. The molecule has 0 aliphatic heterocycles. The Kier molecular flexibility index (Phi) is 2.71. The van der Waals surface area contributed by atoms with Crippen LogP contribution in [0.25, 0.3) is 21.7 Å². The van der Waals surface area contributed by atoms with E-state index >= 15 is 0 Å². The Balaban J connectivity index is 2.05. The molecule has 0 bridgehead atoms. The van der Waals surface area contributed by atoms with Gasteiger partial charge in [-0.1, -0.05) is 0 Å². The highest BCUT2D eigenvalue weighted by Crippen LogP contribution is 2.21. The Morgan fingerprint density at radius 1 is 1.20 bits per heavy atom. The standard InChI is InChI=1S/C15H15N3O2/c1-15(2,3)20-14(19)18-5-4-10-7-13-11(8-16-17-13)6-12(10)9-18/h4-9H,1-3H3. The maximum Gasteiger partial charge on any atom is 0.418 e. The second-order valence-corrected chi connectivity index (χ2v) is 5.72. The minimum absolute atomic E-state index is 0.391. The molecule has 0 unspecified atom stereocenters. The third-order valence-corrected chi connectivity index (χ3v) is 2.89. The summed E-state index contributed by atoms with van der Waals surface area (Å²) in [5.74, 6) is 0. The Labute approximate surface area is 116 Å². The van der Waals surface area contributed by atoms with Gasteiger partial charge in [-0.3, -0.25) is 4.57 Å². The highest BCUT2D eigenvalue weighted by Gasteiger charge is 2.17. The van der Waals surface area contributed by atoms with E-state index in [4.69, 9.17) is 4.74 Å². The summed E-state index contributed by atoms with van der Waals surface area (Å²) >= 11 is 0. The van der Waals surface area contributed by atoms with Gasteiger partial charge in [0.25, 0.3) is 0 Å². The zero-order valence-corrected chi connectivity index (χ0v) is 11.6. The molecular weight excluding hydrogens is 254 g/mol. The van der Waals surface area contributed by atoms with Gasteiger partial charge in [0, 0.05) is 17.8 Å². The number of carbonyl (C=O) groups excluding carboxylic acids is 1. The van der Waals surface area contributed by atoms with Crippen LogP contribution in [0, 0.1) is 0 Å². The first-order valence-electron chi connectivity index (χ1n) is 6.39. The SMILES string of the molecule is CC(C)(C)OC(=O)n1ccc2cc3nncc3cc2c1. The molecule has 0 saturated carbocycles. The van der Waals surface area contributed by atoms with Crippen LogP contribution in [0.1, 0.15) is 20.8 Å². The number of hydrogen-bond donors (Lipinski definition) is 0. The van der Waals surface area contributed by atoms with Crippen molar-refractivity contribution in [2.24, 2.45) is 0 Å². The maximum absolute atomic E-state index is 12.0. The molecule has 3 rings (SSSR count). The van der Waals surface area contributed by atoms with Crippen LogP contribution >= 0.6 is 0 Å². The Bertz CT molecular complexity index is 800. The zero-order chi connectivity index (χ0) is 14.3. The molecule has 0 aliphatic rings. The van der Waals surface area contributed by atoms with Crippen LogP contribution in [0.3, 0.4) is 0 Å². The van der Waals surface area contributed by atoms with Crippen LogP contribution < -0.4 is 0 Å². The topological polar surface area (TPSA) is 57.0 Å². The lowest BCUT2D eigenvalue weighted by Gasteiger charge is -2.20. The number of fused-ring (bicyclic) bond motifs is 2. The normalized spacial score (nSPS) is 11.9. The highest BCUT2D eigenvalue weighted by atomic mass is 16.6. The molecule has 0 atom stereocenters. The van der Waals surface area contributed by atoms with Gasteiger partial charge in [0.1, 0.15) is 5.60 Å². The van der Waals surface area contributed by atoms with Crippen LogP contribution in [0.5, 0.6) is 0 Å². The van der Waals surface area contributed by atoms with Crippen molar-refractivity contribution in [3.05, 3.63) is 36.8 Å². The van der Waals surface area contributed by atoms with Crippen molar-refractivity contribution in [1.29, 1.82) is 0 Å². The first kappa shape index (κ1) is 12.6. The van der Waals surface area contributed by atoms with Crippen LogP contribution in [0.2, 0.25) is 0 Å². The van der Waals surface area contributed by atoms with Gasteiger partial charge in [0.15, 0.2) is 0 Å². The van der Waals surface area contributed by atoms with E-state index in [-0.39, 0.29) is 0 Å². The lowest BCUT2D eigenvalue weighted by molar-refractivity contribution is 0.0536. The fourth-order valence-corrected chi connectivity index (χ4v) is 2.02. The summed E-state index contributed by atoms with van der Waals surface area (Å²) in [6, 6.07) is 5.79. The molecule has 0 N–H and O–H groups in total. The smallest absolute Gasteiger partial charge is 0.418 e. The molecule has 5 nitrogen and oxygen atoms in total. The maximum atomic E-state index is 12.0. The van der Waals surface area contributed by atoms with Crippen LogP contribution in [-0.2, 0) is 4.74 Å². The Hall–Kier alpha value is -2.43. The van der Waals surface area contributed by atoms with Gasteiger partial charge in [-0.05, 0) is 49.7 Å². The predicted molar refractivity (Wildman–Crippen MR) is 76.7 cm³/mol. The van der Waals surface area contributed by atoms with Crippen molar-refractivity contribution in [3.8, 4) is 0 Å². The van der Waals surface area contributed by atoms with Crippen molar-refractivity contribution in [3.63, 3.8) is 0 Å². The summed E-state index contributed by atoms with van der Waals surface area (Å²) in [7, 11) is 0. The molecule has 2 aromatic heterocycles. The zero-order valence-electron chi connectivity index (χ0n) is 11.6. The molecule has 3 aromatic rings. The third kappa shape index (κ3) is 2.34. The molecule has 0 saturated heterocycles. The van der Waals surface area contributed by atoms with Crippen molar-refractivity contribution in [1.82, 2.24) is 14.8 Å². The monoisotopic (exact) mass is 269 g/mol. The summed E-state index contributed by atoms with van der Waals surface area (Å²) in [5.41, 5.74) is 0.343. The number of carbonyl (C=O) groups is 1. The summed E-state index contributed by atoms with van der Waals surface area (Å²) < 4.78 is 6.79. The number of nitrogens with zero attached hydrogens (tertiary/aromatic N) is 3. The average molecular weight is 269 g/mol. The van der Waals surface area contributed by atoms with E-state index in [1.54, 1.807) is 18.6 Å². The fraction of sp³-hybridized carbons (Fsp3) is 0.267. The first-order valence-corrected chi connectivity index (χ1v) is 6.39. The third-order valence-electron chi connectivity index (χ3n) is 2.89. The number of hydrogen-bond acceptors (Lipinski definition) is 4. The van der Waals surface area contributed by atoms with Crippen molar-refractivity contribution in [2.75, 3.05) is 0 Å². The van der Waals surface area contributed by atoms with E-state index in [9.17, 15) is 4.79 Å². The molecule has 1 aromatic carbocycles. The van der Waals surface area contributed by atoms with E-state index in [2.05, 4.69) is 10.2 Å². The van der Waals surface area contributed by atoms with Crippen molar-refractivity contribution >= 4 is 27.8 Å². The number of pyridine rings is 1. The number of ether oxygens (including phenoxy) is 1. The molecule has 20 heavy (non-hydrogen) atoms. The van der Waals surface area contributed by atoms with E-state index in [1.165, 1.54) is 4.57 Å². The van der Waals surface area contributed by atoms with Gasteiger partial charge in [0.2, 0.25) is 0 Å². The van der Waals surface area contributed by atoms with E-state index < -0.39 is 11.7 Å². The number of rotatable bonds is 0. The summed E-state index contributed by atoms with van der Waals surface area (Å²) in [4.78, 5) is 12.0. The summed E-state index contributed by atoms with van der Waals surface area (Å²) in [6.07, 6.45) is 4.77. The highest BCUT2D eigenvalue weighted by molar-refractivity contribution is 5.96. The van der Waals surface area contributed by atoms with Gasteiger partial charge in [-0.2, -0.15) is 10.2 Å². The van der Waals surface area contributed by atoms with E-state index in [0.29, 0.717) is 0 Å². The Morgan fingerprint density at radius 2 is 2.00 bits per heavy atom.